The van der Waals surface area contributed by atoms with Crippen LogP contribution in [0.4, 0.5) is 0 Å². The van der Waals surface area contributed by atoms with Crippen molar-refractivity contribution in [2.45, 2.75) is 0 Å². The lowest BCUT2D eigenvalue weighted by molar-refractivity contribution is 1.45. The predicted octanol–water partition coefficient (Wildman–Crippen LogP) is 2.75. The zero-order valence-corrected chi connectivity index (χ0v) is 7.73. The van der Waals surface area contributed by atoms with Crippen LogP contribution >= 0.6 is 11.6 Å². The maximum atomic E-state index is 5.87. The van der Waals surface area contributed by atoms with E-state index in [-0.39, 0.29) is 0 Å². The molecule has 13 heavy (non-hydrogen) atoms. The van der Waals surface area contributed by atoms with E-state index in [0.717, 1.165) is 16.5 Å². The molecule has 1 aromatic carbocycles. The van der Waals surface area contributed by atoms with E-state index in [1.54, 1.807) is 0 Å². The standard InChI is InChI=1S/C10H9ClN2/c1-6(12)9-5-13-10-3-2-7(11)4-8(9)10/h2-5,13H,1,12H2. The third kappa shape index (κ3) is 1.29. The molecule has 0 spiro atoms. The number of fused-ring (bicyclic) bond motifs is 1. The number of hydrogen-bond donors (Lipinski definition) is 2. The minimum absolute atomic E-state index is 0.550. The van der Waals surface area contributed by atoms with E-state index < -0.39 is 0 Å². The number of hydrogen-bond acceptors (Lipinski definition) is 1. The molecule has 1 heterocycles. The molecule has 66 valence electrons. The van der Waals surface area contributed by atoms with E-state index in [9.17, 15) is 0 Å². The lowest BCUT2D eigenvalue weighted by Gasteiger charge is -1.96. The van der Waals surface area contributed by atoms with Gasteiger partial charge < -0.3 is 10.7 Å². The number of nitrogens with two attached hydrogens (primary N) is 1. The summed E-state index contributed by atoms with van der Waals surface area (Å²) < 4.78 is 0. The van der Waals surface area contributed by atoms with Gasteiger partial charge in [-0.3, -0.25) is 0 Å². The molecule has 3 heteroatoms. The summed E-state index contributed by atoms with van der Waals surface area (Å²) in [6, 6.07) is 5.63. The zero-order chi connectivity index (χ0) is 9.42. The van der Waals surface area contributed by atoms with Crippen LogP contribution in [-0.2, 0) is 0 Å². The third-order valence-corrected chi connectivity index (χ3v) is 2.22. The van der Waals surface area contributed by atoms with E-state index in [4.69, 9.17) is 17.3 Å². The summed E-state index contributed by atoms with van der Waals surface area (Å²) in [5, 5.41) is 1.72. The minimum Gasteiger partial charge on any atom is -0.399 e. The molecule has 0 bridgehead atoms. The highest BCUT2D eigenvalue weighted by molar-refractivity contribution is 6.31. The van der Waals surface area contributed by atoms with Crippen molar-refractivity contribution in [1.82, 2.24) is 4.98 Å². The van der Waals surface area contributed by atoms with Crippen molar-refractivity contribution in [3.05, 3.63) is 41.6 Å². The summed E-state index contributed by atoms with van der Waals surface area (Å²) in [6.45, 7) is 3.69. The predicted molar refractivity (Wildman–Crippen MR) is 56.5 cm³/mol. The fourth-order valence-electron chi connectivity index (χ4n) is 1.36. The first-order valence-electron chi connectivity index (χ1n) is 3.90. The number of aromatic nitrogens is 1. The van der Waals surface area contributed by atoms with Crippen LogP contribution in [0, 0.1) is 0 Å². The quantitative estimate of drug-likeness (QED) is 0.717. The number of rotatable bonds is 1. The number of aromatic amines is 1. The summed E-state index contributed by atoms with van der Waals surface area (Å²) in [6.07, 6.45) is 1.84. The van der Waals surface area contributed by atoms with E-state index in [1.807, 2.05) is 24.4 Å². The van der Waals surface area contributed by atoms with Gasteiger partial charge in [0, 0.05) is 33.4 Å². The maximum Gasteiger partial charge on any atom is 0.0462 e. The summed E-state index contributed by atoms with van der Waals surface area (Å²) in [5.41, 5.74) is 8.10. The first-order valence-corrected chi connectivity index (χ1v) is 4.27. The maximum absolute atomic E-state index is 5.87. The van der Waals surface area contributed by atoms with Gasteiger partial charge in [-0.25, -0.2) is 0 Å². The average Bonchev–Trinajstić information content (AvgIpc) is 2.46. The van der Waals surface area contributed by atoms with Gasteiger partial charge in [0.05, 0.1) is 0 Å². The monoisotopic (exact) mass is 192 g/mol. The van der Waals surface area contributed by atoms with E-state index >= 15 is 0 Å². The molecule has 0 aliphatic rings. The van der Waals surface area contributed by atoms with Crippen molar-refractivity contribution < 1.29 is 0 Å². The highest BCUT2D eigenvalue weighted by Crippen LogP contribution is 2.24. The topological polar surface area (TPSA) is 41.8 Å². The van der Waals surface area contributed by atoms with E-state index in [1.165, 1.54) is 0 Å². The Hall–Kier alpha value is -1.41. The van der Waals surface area contributed by atoms with Gasteiger partial charge in [0.1, 0.15) is 0 Å². The molecule has 0 aliphatic carbocycles. The lowest BCUT2D eigenvalue weighted by Crippen LogP contribution is -1.91. The summed E-state index contributed by atoms with van der Waals surface area (Å²) >= 11 is 5.87. The Morgan fingerprint density at radius 3 is 2.92 bits per heavy atom. The largest absolute Gasteiger partial charge is 0.399 e. The summed E-state index contributed by atoms with van der Waals surface area (Å²) in [7, 11) is 0. The molecule has 1 aromatic heterocycles. The zero-order valence-electron chi connectivity index (χ0n) is 6.97. The normalized spacial score (nSPS) is 10.5. The lowest BCUT2D eigenvalue weighted by atomic mass is 10.1. The van der Waals surface area contributed by atoms with Crippen molar-refractivity contribution in [2.75, 3.05) is 0 Å². The van der Waals surface area contributed by atoms with Crippen molar-refractivity contribution in [1.29, 1.82) is 0 Å². The Morgan fingerprint density at radius 2 is 2.23 bits per heavy atom. The molecule has 0 fully saturated rings. The second-order valence-electron chi connectivity index (χ2n) is 2.92. The Kier molecular flexibility index (Phi) is 1.78. The van der Waals surface area contributed by atoms with Crippen LogP contribution in [0.2, 0.25) is 5.02 Å². The van der Waals surface area contributed by atoms with E-state index in [2.05, 4.69) is 11.6 Å². The molecule has 2 aromatic rings. The summed E-state index contributed by atoms with van der Waals surface area (Å²) in [4.78, 5) is 3.10. The highest BCUT2D eigenvalue weighted by Gasteiger charge is 2.04. The van der Waals surface area contributed by atoms with Crippen LogP contribution in [-0.4, -0.2) is 4.98 Å². The van der Waals surface area contributed by atoms with Crippen molar-refractivity contribution in [3.63, 3.8) is 0 Å². The van der Waals surface area contributed by atoms with Gasteiger partial charge in [-0.2, -0.15) is 0 Å². The fourth-order valence-corrected chi connectivity index (χ4v) is 1.53. The van der Waals surface area contributed by atoms with Gasteiger partial charge in [0.15, 0.2) is 0 Å². The van der Waals surface area contributed by atoms with Crippen LogP contribution in [0.1, 0.15) is 5.56 Å². The van der Waals surface area contributed by atoms with Gasteiger partial charge in [-0.15, -0.1) is 0 Å². The SMILES string of the molecule is C=C(N)c1c[nH]c2ccc(Cl)cc12. The van der Waals surface area contributed by atoms with Gasteiger partial charge in [-0.05, 0) is 18.2 Å². The smallest absolute Gasteiger partial charge is 0.0462 e. The Morgan fingerprint density at radius 1 is 1.46 bits per heavy atom. The molecule has 2 nitrogen and oxygen atoms in total. The second kappa shape index (κ2) is 2.82. The molecule has 0 unspecified atom stereocenters. The van der Waals surface area contributed by atoms with Crippen molar-refractivity contribution in [3.8, 4) is 0 Å². The number of H-pyrrole nitrogens is 1. The molecular weight excluding hydrogens is 184 g/mol. The first kappa shape index (κ1) is 8.20. The van der Waals surface area contributed by atoms with E-state index in [0.29, 0.717) is 10.7 Å². The first-order chi connectivity index (χ1) is 6.18. The average molecular weight is 193 g/mol. The van der Waals surface area contributed by atoms with Crippen molar-refractivity contribution >= 4 is 28.2 Å². The highest BCUT2D eigenvalue weighted by atomic mass is 35.5. The number of benzene rings is 1. The molecule has 0 saturated carbocycles. The van der Waals surface area contributed by atoms with Gasteiger partial charge >= 0.3 is 0 Å². The molecular formula is C10H9ClN2. The molecule has 3 N–H and O–H groups in total. The van der Waals surface area contributed by atoms with Crippen LogP contribution in [0.25, 0.3) is 16.6 Å². The van der Waals surface area contributed by atoms with Gasteiger partial charge in [0.2, 0.25) is 0 Å². The molecule has 0 amide bonds. The molecule has 0 radical (unpaired) electrons. The van der Waals surface area contributed by atoms with Gasteiger partial charge in [-0.1, -0.05) is 18.2 Å². The van der Waals surface area contributed by atoms with Crippen LogP contribution in [0.15, 0.2) is 31.0 Å². The van der Waals surface area contributed by atoms with Gasteiger partial charge in [0.25, 0.3) is 0 Å². The third-order valence-electron chi connectivity index (χ3n) is 1.99. The second-order valence-corrected chi connectivity index (χ2v) is 3.35. The Balaban J connectivity index is 2.79. The number of nitrogens with one attached hydrogen (secondary N) is 1. The molecule has 0 saturated heterocycles. The molecule has 0 aliphatic heterocycles. The van der Waals surface area contributed by atoms with Crippen molar-refractivity contribution in [2.24, 2.45) is 5.73 Å². The minimum atomic E-state index is 0.550. The fraction of sp³-hybridized carbons (Fsp3) is 0. The molecule has 0 atom stereocenters. The number of halogens is 1. The Bertz CT molecular complexity index is 471. The Labute approximate surface area is 81.0 Å². The van der Waals surface area contributed by atoms with Crippen LogP contribution in [0.3, 0.4) is 0 Å². The van der Waals surface area contributed by atoms with Crippen LogP contribution < -0.4 is 5.73 Å². The van der Waals surface area contributed by atoms with Crippen LogP contribution in [0.5, 0.6) is 0 Å². The summed E-state index contributed by atoms with van der Waals surface area (Å²) in [5.74, 6) is 0. The molecule has 2 rings (SSSR count).